The van der Waals surface area contributed by atoms with Crippen molar-refractivity contribution in [2.24, 2.45) is 0 Å². The topological polar surface area (TPSA) is 108 Å². The predicted molar refractivity (Wildman–Crippen MR) is 137 cm³/mol. The molecule has 4 N–H and O–H groups in total. The fourth-order valence-corrected chi connectivity index (χ4v) is 4.71. The number of morpholine rings is 1. The van der Waals surface area contributed by atoms with Gasteiger partial charge in [0, 0.05) is 24.7 Å². The molecule has 8 nitrogen and oxygen atoms in total. The molecule has 3 aromatic heterocycles. The maximum atomic E-state index is 14.7. The van der Waals surface area contributed by atoms with Gasteiger partial charge in [0.1, 0.15) is 17.2 Å². The zero-order valence-corrected chi connectivity index (χ0v) is 19.6. The van der Waals surface area contributed by atoms with Crippen molar-refractivity contribution in [3.05, 3.63) is 88.2 Å². The summed E-state index contributed by atoms with van der Waals surface area (Å²) in [6.45, 7) is 4.18. The van der Waals surface area contributed by atoms with Crippen LogP contribution in [-0.2, 0) is 4.74 Å². The summed E-state index contributed by atoms with van der Waals surface area (Å²) < 4.78 is 20.6. The van der Waals surface area contributed by atoms with Crippen molar-refractivity contribution in [3.63, 3.8) is 0 Å². The molecule has 1 aliphatic heterocycles. The smallest absolute Gasteiger partial charge is 0.261 e. The van der Waals surface area contributed by atoms with Crippen LogP contribution in [0.15, 0.2) is 65.6 Å². The summed E-state index contributed by atoms with van der Waals surface area (Å²) in [5.74, 6) is -0.104. The van der Waals surface area contributed by atoms with Gasteiger partial charge in [0.25, 0.3) is 5.56 Å². The average molecular weight is 485 g/mol. The van der Waals surface area contributed by atoms with Crippen molar-refractivity contribution < 1.29 is 9.13 Å². The van der Waals surface area contributed by atoms with Gasteiger partial charge < -0.3 is 25.3 Å². The number of imidazole rings is 1. The molecule has 36 heavy (non-hydrogen) atoms. The van der Waals surface area contributed by atoms with E-state index in [1.807, 2.05) is 43.3 Å². The van der Waals surface area contributed by atoms with Crippen molar-refractivity contribution in [2.45, 2.75) is 19.1 Å². The molecule has 2 aromatic carbocycles. The molecule has 0 radical (unpaired) electrons. The molecule has 0 amide bonds. The highest BCUT2D eigenvalue weighted by atomic mass is 19.1. The van der Waals surface area contributed by atoms with Crippen LogP contribution in [0.25, 0.3) is 33.3 Å². The Bertz CT molecular complexity index is 1610. The maximum Gasteiger partial charge on any atom is 0.261 e. The number of para-hydroxylation sites is 1. The number of nitrogens with one attached hydrogen (secondary N) is 4. The second kappa shape index (κ2) is 9.18. The van der Waals surface area contributed by atoms with E-state index in [2.05, 4.69) is 25.6 Å². The molecular weight excluding hydrogens is 459 g/mol. The Hall–Kier alpha value is -4.08. The minimum Gasteiger partial charge on any atom is -0.376 e. The van der Waals surface area contributed by atoms with Gasteiger partial charge >= 0.3 is 0 Å². The highest BCUT2D eigenvalue weighted by Gasteiger charge is 2.22. The van der Waals surface area contributed by atoms with Crippen LogP contribution in [0.5, 0.6) is 0 Å². The number of pyridine rings is 2. The van der Waals surface area contributed by atoms with Crippen LogP contribution < -0.4 is 16.2 Å². The van der Waals surface area contributed by atoms with Crippen molar-refractivity contribution >= 4 is 27.6 Å². The van der Waals surface area contributed by atoms with E-state index in [1.54, 1.807) is 18.3 Å². The Kier molecular flexibility index (Phi) is 5.71. The molecule has 6 rings (SSSR count). The van der Waals surface area contributed by atoms with Crippen LogP contribution in [0.4, 0.5) is 10.1 Å². The van der Waals surface area contributed by atoms with E-state index in [-0.39, 0.29) is 17.7 Å². The number of H-pyrrole nitrogens is 2. The van der Waals surface area contributed by atoms with Gasteiger partial charge in [-0.15, -0.1) is 0 Å². The lowest BCUT2D eigenvalue weighted by atomic mass is 10.1. The fourth-order valence-electron chi connectivity index (χ4n) is 4.71. The molecule has 182 valence electrons. The van der Waals surface area contributed by atoms with Crippen molar-refractivity contribution in [1.29, 1.82) is 0 Å². The van der Waals surface area contributed by atoms with E-state index < -0.39 is 11.4 Å². The normalized spacial score (nSPS) is 16.9. The van der Waals surface area contributed by atoms with Gasteiger partial charge in [-0.05, 0) is 42.8 Å². The molecule has 5 aromatic rings. The number of benzene rings is 2. The van der Waals surface area contributed by atoms with Gasteiger partial charge in [-0.1, -0.05) is 24.3 Å². The summed E-state index contributed by atoms with van der Waals surface area (Å²) >= 11 is 0. The maximum absolute atomic E-state index is 14.7. The summed E-state index contributed by atoms with van der Waals surface area (Å²) in [6, 6.07) is 16.0. The quantitative estimate of drug-likeness (QED) is 0.294. The molecule has 0 bridgehead atoms. The van der Waals surface area contributed by atoms with E-state index >= 15 is 0 Å². The van der Waals surface area contributed by atoms with E-state index in [0.29, 0.717) is 29.1 Å². The fraction of sp³-hybridized carbons (Fsp3) is 0.222. The Morgan fingerprint density at radius 1 is 1.14 bits per heavy atom. The highest BCUT2D eigenvalue weighted by molar-refractivity contribution is 5.99. The number of aromatic nitrogens is 4. The third-order valence-corrected chi connectivity index (χ3v) is 6.53. The number of nitrogens with zero attached hydrogens (tertiary/aromatic N) is 2. The molecule has 1 aliphatic rings. The number of anilines is 1. The molecule has 0 spiro atoms. The first-order chi connectivity index (χ1) is 17.6. The van der Waals surface area contributed by atoms with E-state index in [9.17, 15) is 9.18 Å². The summed E-state index contributed by atoms with van der Waals surface area (Å²) in [7, 11) is 0. The van der Waals surface area contributed by atoms with Gasteiger partial charge in [-0.3, -0.25) is 9.78 Å². The van der Waals surface area contributed by atoms with E-state index in [1.165, 1.54) is 6.07 Å². The monoisotopic (exact) mass is 484 g/mol. The van der Waals surface area contributed by atoms with Gasteiger partial charge in [0.05, 0.1) is 46.7 Å². The van der Waals surface area contributed by atoms with E-state index in [0.717, 1.165) is 35.4 Å². The van der Waals surface area contributed by atoms with Crippen LogP contribution in [0.3, 0.4) is 0 Å². The van der Waals surface area contributed by atoms with Gasteiger partial charge in [-0.2, -0.15) is 0 Å². The number of fused-ring (bicyclic) bond motifs is 2. The van der Waals surface area contributed by atoms with Crippen molar-refractivity contribution in [1.82, 2.24) is 25.3 Å². The average Bonchev–Trinajstić information content (AvgIpc) is 3.33. The first kappa shape index (κ1) is 22.4. The Labute approximate surface area is 206 Å². The number of hydrogen-bond donors (Lipinski definition) is 4. The first-order valence-corrected chi connectivity index (χ1v) is 11.9. The van der Waals surface area contributed by atoms with Crippen LogP contribution >= 0.6 is 0 Å². The number of aromatic amines is 2. The Morgan fingerprint density at radius 2 is 2.06 bits per heavy atom. The number of rotatable bonds is 5. The minimum atomic E-state index is -0.500. The molecule has 4 heterocycles. The van der Waals surface area contributed by atoms with Crippen LogP contribution in [-0.4, -0.2) is 39.6 Å². The summed E-state index contributed by atoms with van der Waals surface area (Å²) in [6.07, 6.45) is 1.67. The van der Waals surface area contributed by atoms with Gasteiger partial charge in [0.2, 0.25) is 0 Å². The van der Waals surface area contributed by atoms with Crippen LogP contribution in [0, 0.1) is 5.82 Å². The third-order valence-electron chi connectivity index (χ3n) is 6.53. The SMILES string of the molecule is CC(Nc1c(-c2nc3ccc([C@H]4CNCCO4)cc3[nH]2)c(=O)[nH]c2c(F)cccc12)c1ccccn1. The standard InChI is InChI=1S/C27H25FN6O2/c1-15(19-7-2-3-10-30-19)31-25-17-5-4-6-18(28)24(17)34-27(35)23(25)26-32-20-9-8-16(13-21(20)33-26)22-14-29-11-12-36-22/h2-10,13,15,22,29H,11-12,14H2,1H3,(H,32,33)(H2,31,34,35)/t15?,22-/m1/s1. The summed E-state index contributed by atoms with van der Waals surface area (Å²) in [5, 5.41) is 7.30. The van der Waals surface area contributed by atoms with Gasteiger partial charge in [-0.25, -0.2) is 9.37 Å². The lowest BCUT2D eigenvalue weighted by molar-refractivity contribution is 0.0278. The second-order valence-electron chi connectivity index (χ2n) is 8.91. The largest absolute Gasteiger partial charge is 0.376 e. The summed E-state index contributed by atoms with van der Waals surface area (Å²) in [4.78, 5) is 28.5. The lowest BCUT2D eigenvalue weighted by Gasteiger charge is -2.23. The number of halogens is 1. The van der Waals surface area contributed by atoms with E-state index in [4.69, 9.17) is 9.72 Å². The zero-order valence-electron chi connectivity index (χ0n) is 19.6. The van der Waals surface area contributed by atoms with Crippen molar-refractivity contribution in [3.8, 4) is 11.4 Å². The number of hydrogen-bond acceptors (Lipinski definition) is 6. The van der Waals surface area contributed by atoms with Crippen molar-refractivity contribution in [2.75, 3.05) is 25.0 Å². The van der Waals surface area contributed by atoms with Gasteiger partial charge in [0.15, 0.2) is 0 Å². The molecular formula is C27H25FN6O2. The molecule has 9 heteroatoms. The second-order valence-corrected chi connectivity index (χ2v) is 8.91. The van der Waals surface area contributed by atoms with Crippen LogP contribution in [0.1, 0.15) is 30.3 Å². The molecule has 1 saturated heterocycles. The minimum absolute atomic E-state index is 0.0432. The third kappa shape index (κ3) is 4.02. The first-order valence-electron chi connectivity index (χ1n) is 11.9. The Morgan fingerprint density at radius 3 is 2.86 bits per heavy atom. The van der Waals surface area contributed by atoms with Crippen LogP contribution in [0.2, 0.25) is 0 Å². The molecule has 0 saturated carbocycles. The molecule has 0 aliphatic carbocycles. The zero-order chi connectivity index (χ0) is 24.6. The lowest BCUT2D eigenvalue weighted by Crippen LogP contribution is -2.33. The number of ether oxygens (including phenoxy) is 1. The highest BCUT2D eigenvalue weighted by Crippen LogP contribution is 2.34. The predicted octanol–water partition coefficient (Wildman–Crippen LogP) is 4.44. The Balaban J connectivity index is 1.49. The molecule has 1 fully saturated rings. The molecule has 1 unspecified atom stereocenters. The molecule has 2 atom stereocenters. The summed E-state index contributed by atoms with van der Waals surface area (Å²) in [5.41, 5.74) is 3.84.